The molecule has 0 amide bonds. The quantitative estimate of drug-likeness (QED) is 0.365. The van der Waals surface area contributed by atoms with Crippen LogP contribution in [0.3, 0.4) is 0 Å². The van der Waals surface area contributed by atoms with Crippen LogP contribution >= 0.6 is 22.7 Å². The van der Waals surface area contributed by atoms with Gasteiger partial charge in [0.25, 0.3) is 0 Å². The third-order valence-corrected chi connectivity index (χ3v) is 7.38. The second kappa shape index (κ2) is 8.53. The summed E-state index contributed by atoms with van der Waals surface area (Å²) in [7, 11) is 0. The van der Waals surface area contributed by atoms with E-state index in [4.69, 9.17) is 0 Å². The Balaban J connectivity index is 1.41. The van der Waals surface area contributed by atoms with Crippen LogP contribution in [-0.2, 0) is 13.1 Å². The zero-order chi connectivity index (χ0) is 21.2. The topological polar surface area (TPSA) is 47.2 Å². The van der Waals surface area contributed by atoms with Crippen LogP contribution in [0.1, 0.15) is 0 Å². The van der Waals surface area contributed by atoms with E-state index in [0.29, 0.717) is 26.2 Å². The van der Waals surface area contributed by atoms with Gasteiger partial charge < -0.3 is 4.90 Å². The number of hydrogen-bond acceptors (Lipinski definition) is 5. The highest BCUT2D eigenvalue weighted by atomic mass is 32.1. The molecule has 5 rings (SSSR count). The summed E-state index contributed by atoms with van der Waals surface area (Å²) in [6.45, 7) is 2.55. The highest BCUT2D eigenvalue weighted by molar-refractivity contribution is 7.16. The Hall–Kier alpha value is -3.16. The smallest absolute Gasteiger partial charge is 0.308 e. The van der Waals surface area contributed by atoms with Crippen molar-refractivity contribution in [3.05, 3.63) is 98.2 Å². The molecule has 0 saturated carbocycles. The monoisotopic (exact) mass is 447 g/mol. The number of aromatic nitrogens is 2. The molecule has 7 heteroatoms. The van der Waals surface area contributed by atoms with Crippen LogP contribution in [0.25, 0.3) is 20.4 Å². The van der Waals surface area contributed by atoms with Crippen LogP contribution in [-0.4, -0.2) is 22.2 Å². The Kier molecular flexibility index (Phi) is 5.44. The summed E-state index contributed by atoms with van der Waals surface area (Å²) < 4.78 is 5.72. The molecule has 0 unspecified atom stereocenters. The lowest BCUT2D eigenvalue weighted by Gasteiger charge is -2.25. The summed E-state index contributed by atoms with van der Waals surface area (Å²) in [5, 5.41) is 0. The number of thiazole rings is 2. The zero-order valence-electron chi connectivity index (χ0n) is 16.8. The molecule has 0 fully saturated rings. The predicted molar refractivity (Wildman–Crippen MR) is 131 cm³/mol. The third-order valence-electron chi connectivity index (χ3n) is 5.46. The van der Waals surface area contributed by atoms with Crippen molar-refractivity contribution in [3.63, 3.8) is 0 Å². The SMILES string of the molecule is O=c1sc2ccccc2n1CCN(CCn1c(=O)sc2ccccc21)c1ccccc1. The van der Waals surface area contributed by atoms with Crippen LogP contribution < -0.4 is 14.6 Å². The third kappa shape index (κ3) is 3.94. The Morgan fingerprint density at radius 1 is 0.613 bits per heavy atom. The van der Waals surface area contributed by atoms with Crippen molar-refractivity contribution in [3.8, 4) is 0 Å². The lowest BCUT2D eigenvalue weighted by Crippen LogP contribution is -2.33. The van der Waals surface area contributed by atoms with Crippen LogP contribution in [0.4, 0.5) is 5.69 Å². The maximum atomic E-state index is 12.5. The molecule has 0 bridgehead atoms. The number of benzene rings is 3. The molecular formula is C24H21N3O2S2. The molecule has 5 aromatic rings. The van der Waals surface area contributed by atoms with Crippen LogP contribution in [0.5, 0.6) is 0 Å². The van der Waals surface area contributed by atoms with Gasteiger partial charge in [0.1, 0.15) is 0 Å². The number of rotatable bonds is 7. The van der Waals surface area contributed by atoms with E-state index in [1.807, 2.05) is 75.9 Å². The fourth-order valence-electron chi connectivity index (χ4n) is 3.90. The second-order valence-electron chi connectivity index (χ2n) is 7.30. The number of fused-ring (bicyclic) bond motifs is 2. The molecule has 2 heterocycles. The van der Waals surface area contributed by atoms with Crippen LogP contribution in [0.2, 0.25) is 0 Å². The standard InChI is InChI=1S/C24H21N3O2S2/c28-23-26(19-10-4-6-12-21(19)30-23)16-14-25(18-8-2-1-3-9-18)15-17-27-20-11-5-7-13-22(20)31-24(27)29/h1-13H,14-17H2. The first-order valence-electron chi connectivity index (χ1n) is 10.2. The lowest BCUT2D eigenvalue weighted by molar-refractivity contribution is 0.619. The first-order valence-corrected chi connectivity index (χ1v) is 11.8. The van der Waals surface area contributed by atoms with Gasteiger partial charge in [-0.2, -0.15) is 0 Å². The molecule has 5 nitrogen and oxygen atoms in total. The van der Waals surface area contributed by atoms with Crippen molar-refractivity contribution in [1.82, 2.24) is 9.13 Å². The maximum Gasteiger partial charge on any atom is 0.308 e. The predicted octanol–water partition coefficient (Wildman–Crippen LogP) is 4.65. The van der Waals surface area contributed by atoms with Crippen molar-refractivity contribution in [2.75, 3.05) is 18.0 Å². The first-order chi connectivity index (χ1) is 15.2. The molecule has 156 valence electrons. The van der Waals surface area contributed by atoms with Crippen molar-refractivity contribution in [1.29, 1.82) is 0 Å². The fraction of sp³-hybridized carbons (Fsp3) is 0.167. The highest BCUT2D eigenvalue weighted by Gasteiger charge is 2.13. The van der Waals surface area contributed by atoms with Crippen molar-refractivity contribution < 1.29 is 0 Å². The van der Waals surface area contributed by atoms with Gasteiger partial charge in [-0.3, -0.25) is 18.7 Å². The largest absolute Gasteiger partial charge is 0.368 e. The molecule has 0 spiro atoms. The molecular weight excluding hydrogens is 426 g/mol. The van der Waals surface area contributed by atoms with E-state index in [9.17, 15) is 9.59 Å². The average molecular weight is 448 g/mol. The lowest BCUT2D eigenvalue weighted by atomic mass is 10.2. The Morgan fingerprint density at radius 3 is 1.58 bits per heavy atom. The van der Waals surface area contributed by atoms with Gasteiger partial charge in [-0.05, 0) is 36.4 Å². The maximum absolute atomic E-state index is 12.5. The van der Waals surface area contributed by atoms with E-state index in [1.54, 1.807) is 0 Å². The summed E-state index contributed by atoms with van der Waals surface area (Å²) in [5.74, 6) is 0. The van der Waals surface area contributed by atoms with Crippen molar-refractivity contribution >= 4 is 48.8 Å². The molecule has 0 N–H and O–H groups in total. The van der Waals surface area contributed by atoms with Gasteiger partial charge in [0.15, 0.2) is 0 Å². The molecule has 0 radical (unpaired) electrons. The van der Waals surface area contributed by atoms with E-state index < -0.39 is 0 Å². The van der Waals surface area contributed by atoms with Crippen LogP contribution in [0.15, 0.2) is 88.5 Å². The van der Waals surface area contributed by atoms with Crippen molar-refractivity contribution in [2.45, 2.75) is 13.1 Å². The van der Waals surface area contributed by atoms with Gasteiger partial charge in [-0.15, -0.1) is 0 Å². The first kappa shape index (κ1) is 19.8. The molecule has 2 aromatic heterocycles. The molecule has 0 atom stereocenters. The minimum absolute atomic E-state index is 0.0641. The molecule has 31 heavy (non-hydrogen) atoms. The molecule has 0 saturated heterocycles. The minimum atomic E-state index is 0.0641. The van der Waals surface area contributed by atoms with Gasteiger partial charge in [0, 0.05) is 31.9 Å². The van der Waals surface area contributed by atoms with E-state index in [1.165, 1.54) is 22.7 Å². The normalized spacial score (nSPS) is 11.4. The summed E-state index contributed by atoms with van der Waals surface area (Å²) in [4.78, 5) is 27.5. The molecule has 0 aliphatic carbocycles. The highest BCUT2D eigenvalue weighted by Crippen LogP contribution is 2.19. The zero-order valence-corrected chi connectivity index (χ0v) is 18.4. The van der Waals surface area contributed by atoms with Gasteiger partial charge in [0.2, 0.25) is 0 Å². The minimum Gasteiger partial charge on any atom is -0.368 e. The van der Waals surface area contributed by atoms with E-state index in [2.05, 4.69) is 17.0 Å². The second-order valence-corrected chi connectivity index (χ2v) is 9.28. The molecule has 3 aromatic carbocycles. The number of hydrogen-bond donors (Lipinski definition) is 0. The van der Waals surface area contributed by atoms with E-state index in [0.717, 1.165) is 26.1 Å². The Labute approximate surface area is 187 Å². The van der Waals surface area contributed by atoms with Gasteiger partial charge >= 0.3 is 9.75 Å². The summed E-state index contributed by atoms with van der Waals surface area (Å²) in [5.41, 5.74) is 3.04. The van der Waals surface area contributed by atoms with Gasteiger partial charge in [-0.1, -0.05) is 65.1 Å². The number of anilines is 1. The summed E-state index contributed by atoms with van der Waals surface area (Å²) in [6, 6.07) is 26.0. The van der Waals surface area contributed by atoms with E-state index >= 15 is 0 Å². The van der Waals surface area contributed by atoms with Crippen molar-refractivity contribution in [2.24, 2.45) is 0 Å². The van der Waals surface area contributed by atoms with Crippen LogP contribution in [0, 0.1) is 0 Å². The summed E-state index contributed by atoms with van der Waals surface area (Å²) >= 11 is 2.57. The summed E-state index contributed by atoms with van der Waals surface area (Å²) in [6.07, 6.45) is 0. The Bertz CT molecular complexity index is 1350. The number of para-hydroxylation sites is 3. The molecule has 0 aliphatic heterocycles. The molecule has 0 aliphatic rings. The Morgan fingerprint density at radius 2 is 1.06 bits per heavy atom. The fourth-order valence-corrected chi connectivity index (χ4v) is 5.74. The van der Waals surface area contributed by atoms with Gasteiger partial charge in [-0.25, -0.2) is 0 Å². The van der Waals surface area contributed by atoms with Gasteiger partial charge in [0.05, 0.1) is 20.4 Å². The number of nitrogens with zero attached hydrogens (tertiary/aromatic N) is 3. The van der Waals surface area contributed by atoms with E-state index in [-0.39, 0.29) is 9.75 Å². The average Bonchev–Trinajstić information content (AvgIpc) is 3.29.